The van der Waals surface area contributed by atoms with E-state index in [1.807, 2.05) is 6.07 Å². The molecule has 2 aromatic rings. The number of nitrogens with one attached hydrogen (secondary N) is 2. The van der Waals surface area contributed by atoms with Crippen molar-refractivity contribution in [3.63, 3.8) is 0 Å². The van der Waals surface area contributed by atoms with Crippen molar-refractivity contribution in [3.8, 4) is 0 Å². The number of aromatic nitrogens is 1. The van der Waals surface area contributed by atoms with Gasteiger partial charge in [0.05, 0.1) is 0 Å². The van der Waals surface area contributed by atoms with Crippen LogP contribution in [0.4, 0.5) is 0 Å². The monoisotopic (exact) mass is 449 g/mol. The average Bonchev–Trinajstić information content (AvgIpc) is 3.61. The lowest BCUT2D eigenvalue weighted by Gasteiger charge is -2.30. The van der Waals surface area contributed by atoms with Crippen molar-refractivity contribution in [2.75, 3.05) is 13.7 Å². The molecule has 2 fully saturated rings. The second kappa shape index (κ2) is 11.5. The Hall–Kier alpha value is -2.54. The topological polar surface area (TPSA) is 83.5 Å². The number of ether oxygens (including phenoxy) is 1. The van der Waals surface area contributed by atoms with E-state index in [0.717, 1.165) is 38.0 Å². The van der Waals surface area contributed by atoms with E-state index >= 15 is 0 Å². The van der Waals surface area contributed by atoms with Crippen LogP contribution in [0.5, 0.6) is 0 Å². The normalized spacial score (nSPS) is 25.1. The van der Waals surface area contributed by atoms with Crippen molar-refractivity contribution >= 4 is 12.0 Å². The number of carbonyl (C=O) groups is 1. The molecule has 2 unspecified atom stereocenters. The summed E-state index contributed by atoms with van der Waals surface area (Å²) in [5, 5.41) is 16.5. The van der Waals surface area contributed by atoms with Gasteiger partial charge in [-0.3, -0.25) is 0 Å². The Morgan fingerprint density at radius 2 is 1.88 bits per heavy atom. The maximum absolute atomic E-state index is 10.9. The molecule has 1 aromatic carbocycles. The molecular weight excluding hydrogens is 414 g/mol. The van der Waals surface area contributed by atoms with E-state index in [1.54, 1.807) is 19.4 Å². The van der Waals surface area contributed by atoms with Gasteiger partial charge in [-0.1, -0.05) is 48.0 Å². The fourth-order valence-corrected chi connectivity index (χ4v) is 4.82. The van der Waals surface area contributed by atoms with Crippen LogP contribution in [-0.2, 0) is 11.3 Å². The molecule has 0 saturated heterocycles. The first kappa shape index (κ1) is 23.6. The van der Waals surface area contributed by atoms with Crippen molar-refractivity contribution in [3.05, 3.63) is 71.1 Å². The van der Waals surface area contributed by atoms with Crippen molar-refractivity contribution in [2.45, 2.75) is 63.2 Å². The van der Waals surface area contributed by atoms with Crippen LogP contribution in [0.2, 0.25) is 0 Å². The number of hydrogen-bond acceptors (Lipinski definition) is 5. The van der Waals surface area contributed by atoms with E-state index in [0.29, 0.717) is 24.0 Å². The molecule has 0 aliphatic heterocycles. The molecule has 0 amide bonds. The second-order valence-corrected chi connectivity index (χ2v) is 9.27. The summed E-state index contributed by atoms with van der Waals surface area (Å²) in [5.74, 6) is -0.364. The summed E-state index contributed by atoms with van der Waals surface area (Å²) in [6, 6.07) is 15.7. The summed E-state index contributed by atoms with van der Waals surface area (Å²) in [6.45, 7) is 1.50. The predicted molar refractivity (Wildman–Crippen MR) is 130 cm³/mol. The molecule has 3 N–H and O–H groups in total. The van der Waals surface area contributed by atoms with Crippen LogP contribution in [0.3, 0.4) is 0 Å². The molecule has 2 aliphatic rings. The van der Waals surface area contributed by atoms with E-state index in [1.165, 1.54) is 30.4 Å². The van der Waals surface area contributed by atoms with Crippen LogP contribution in [0, 0.1) is 5.92 Å². The summed E-state index contributed by atoms with van der Waals surface area (Å²) >= 11 is 0. The van der Waals surface area contributed by atoms with Crippen LogP contribution in [0.1, 0.15) is 60.1 Å². The molecule has 6 nitrogen and oxygen atoms in total. The van der Waals surface area contributed by atoms with Crippen molar-refractivity contribution in [2.24, 2.45) is 5.92 Å². The zero-order chi connectivity index (χ0) is 23.0. The number of hydrogen-bond donors (Lipinski definition) is 3. The molecule has 1 aromatic heterocycles. The molecule has 33 heavy (non-hydrogen) atoms. The minimum absolute atomic E-state index is 0.0905. The molecule has 2 atom stereocenters. The number of pyridine rings is 1. The first-order chi connectivity index (χ1) is 16.1. The fourth-order valence-electron chi connectivity index (χ4n) is 4.82. The lowest BCUT2D eigenvalue weighted by Crippen LogP contribution is -2.40. The van der Waals surface area contributed by atoms with E-state index in [-0.39, 0.29) is 5.69 Å². The molecule has 2 saturated carbocycles. The van der Waals surface area contributed by atoms with Gasteiger partial charge >= 0.3 is 5.97 Å². The van der Waals surface area contributed by atoms with Crippen molar-refractivity contribution < 1.29 is 14.6 Å². The summed E-state index contributed by atoms with van der Waals surface area (Å²) in [4.78, 5) is 14.9. The molecule has 4 rings (SSSR count). The van der Waals surface area contributed by atoms with Gasteiger partial charge in [0.25, 0.3) is 0 Å². The first-order valence-electron chi connectivity index (χ1n) is 12.0. The summed E-state index contributed by atoms with van der Waals surface area (Å²) in [6.07, 6.45) is 10.9. The molecule has 0 radical (unpaired) electrons. The Bertz CT molecular complexity index is 921. The van der Waals surface area contributed by atoms with Gasteiger partial charge in [-0.05, 0) is 61.6 Å². The Kier molecular flexibility index (Phi) is 8.26. The number of carboxylic acids is 1. The number of nitrogens with zero attached hydrogens (tertiary/aromatic N) is 1. The van der Waals surface area contributed by atoms with E-state index in [9.17, 15) is 4.79 Å². The van der Waals surface area contributed by atoms with Crippen LogP contribution in [0.15, 0.2) is 54.2 Å². The van der Waals surface area contributed by atoms with Crippen molar-refractivity contribution in [1.29, 1.82) is 0 Å². The van der Waals surface area contributed by atoms with Gasteiger partial charge in [-0.2, -0.15) is 0 Å². The average molecular weight is 450 g/mol. The Morgan fingerprint density at radius 1 is 1.12 bits per heavy atom. The lowest BCUT2D eigenvalue weighted by atomic mass is 9.91. The lowest BCUT2D eigenvalue weighted by molar-refractivity contribution is 0.0690. The first-order valence-corrected chi connectivity index (χ1v) is 12.0. The number of benzene rings is 1. The zero-order valence-electron chi connectivity index (χ0n) is 19.4. The van der Waals surface area contributed by atoms with Gasteiger partial charge in [-0.15, -0.1) is 0 Å². The molecule has 0 spiro atoms. The minimum Gasteiger partial charge on any atom is -0.477 e. The van der Waals surface area contributed by atoms with Crippen molar-refractivity contribution in [1.82, 2.24) is 15.6 Å². The predicted octanol–water partition coefficient (Wildman–Crippen LogP) is 4.28. The Labute approximate surface area is 196 Å². The third-order valence-corrected chi connectivity index (χ3v) is 6.83. The molecular formula is C27H35N3O3. The van der Waals surface area contributed by atoms with Gasteiger partial charge in [0.15, 0.2) is 0 Å². The molecule has 6 heteroatoms. The quantitative estimate of drug-likeness (QED) is 0.475. The highest BCUT2D eigenvalue weighted by Gasteiger charge is 2.40. The molecule has 176 valence electrons. The second-order valence-electron chi connectivity index (χ2n) is 9.27. The van der Waals surface area contributed by atoms with E-state index < -0.39 is 5.97 Å². The van der Waals surface area contributed by atoms with Crippen LogP contribution >= 0.6 is 0 Å². The molecule has 2 aliphatic carbocycles. The molecule has 0 bridgehead atoms. The Balaban J connectivity index is 1.20. The van der Waals surface area contributed by atoms with Crippen LogP contribution < -0.4 is 10.6 Å². The van der Waals surface area contributed by atoms with Crippen LogP contribution in [-0.4, -0.2) is 47.9 Å². The number of carboxylic acid groups (broad SMARTS) is 1. The van der Waals surface area contributed by atoms with Gasteiger partial charge in [-0.25, -0.2) is 9.78 Å². The van der Waals surface area contributed by atoms with Gasteiger partial charge in [0.2, 0.25) is 0 Å². The smallest absolute Gasteiger partial charge is 0.354 e. The van der Waals surface area contributed by atoms with Crippen LogP contribution in [0.25, 0.3) is 6.08 Å². The highest BCUT2D eigenvalue weighted by molar-refractivity contribution is 5.85. The van der Waals surface area contributed by atoms with E-state index in [2.05, 4.69) is 52.0 Å². The van der Waals surface area contributed by atoms with Gasteiger partial charge < -0.3 is 20.5 Å². The molecule has 1 heterocycles. The standard InChI is InChI=1S/C27H35N3O3/c1-33-14-13-21(15-19-5-3-2-4-6-19)24-16-26(24)30-23-10-8-22(9-11-23)28-17-20-7-12-25(27(31)32)29-18-20/h2-7,12,15,18,22-24,26,28,30H,8-11,13-14,16-17H2,1H3,(H,31,32)/b21-15+. The number of methoxy groups -OCH3 is 1. The Morgan fingerprint density at radius 3 is 2.55 bits per heavy atom. The maximum Gasteiger partial charge on any atom is 0.354 e. The fraction of sp³-hybridized carbons (Fsp3) is 0.481. The number of rotatable bonds is 11. The summed E-state index contributed by atoms with van der Waals surface area (Å²) < 4.78 is 5.36. The zero-order valence-corrected chi connectivity index (χ0v) is 19.4. The summed E-state index contributed by atoms with van der Waals surface area (Å²) in [5.41, 5.74) is 3.88. The largest absolute Gasteiger partial charge is 0.477 e. The third-order valence-electron chi connectivity index (χ3n) is 6.83. The highest BCUT2D eigenvalue weighted by atomic mass is 16.5. The SMILES string of the molecule is COCC/C(=C\c1ccccc1)C1CC1NC1CCC(NCc2ccc(C(=O)O)nc2)CC1. The summed E-state index contributed by atoms with van der Waals surface area (Å²) in [7, 11) is 1.77. The highest BCUT2D eigenvalue weighted by Crippen LogP contribution is 2.41. The number of aromatic carboxylic acids is 1. The third kappa shape index (κ3) is 6.97. The maximum atomic E-state index is 10.9. The van der Waals surface area contributed by atoms with Gasteiger partial charge in [0, 0.05) is 44.6 Å². The minimum atomic E-state index is -0.986. The van der Waals surface area contributed by atoms with E-state index in [4.69, 9.17) is 9.84 Å². The van der Waals surface area contributed by atoms with Gasteiger partial charge in [0.1, 0.15) is 5.69 Å².